The van der Waals surface area contributed by atoms with Crippen molar-refractivity contribution in [2.75, 3.05) is 26.2 Å². The Morgan fingerprint density at radius 1 is 1.42 bits per heavy atom. The van der Waals surface area contributed by atoms with Gasteiger partial charge in [0.2, 0.25) is 0 Å². The second-order valence-electron chi connectivity index (χ2n) is 4.43. The van der Waals surface area contributed by atoms with Crippen LogP contribution >= 0.6 is 0 Å². The first-order valence-electron chi connectivity index (χ1n) is 6.16. The van der Waals surface area contributed by atoms with Crippen molar-refractivity contribution in [3.05, 3.63) is 0 Å². The second-order valence-corrected chi connectivity index (χ2v) is 4.43. The Labute approximate surface area is 110 Å². The number of ether oxygens (including phenoxy) is 1. The van der Waals surface area contributed by atoms with Crippen LogP contribution in [0.2, 0.25) is 0 Å². The summed E-state index contributed by atoms with van der Waals surface area (Å²) in [4.78, 5) is 34.1. The number of urea groups is 1. The van der Waals surface area contributed by atoms with Crippen LogP contribution in [0.15, 0.2) is 0 Å². The van der Waals surface area contributed by atoms with E-state index < -0.39 is 12.1 Å². The number of carboxylic acids is 1. The van der Waals surface area contributed by atoms with Gasteiger partial charge in [0.25, 0.3) is 0 Å². The molecule has 108 valence electrons. The van der Waals surface area contributed by atoms with Crippen molar-refractivity contribution in [1.29, 1.82) is 0 Å². The zero-order valence-corrected chi connectivity index (χ0v) is 10.6. The fourth-order valence-corrected chi connectivity index (χ4v) is 2.00. The smallest absolute Gasteiger partial charge is 0.404 e. The number of carbonyl (C=O) groups is 3. The van der Waals surface area contributed by atoms with Gasteiger partial charge in [-0.1, -0.05) is 0 Å². The molecule has 1 saturated heterocycles. The number of hydrogen-bond donors (Lipinski definition) is 3. The van der Waals surface area contributed by atoms with E-state index in [2.05, 4.69) is 10.1 Å². The van der Waals surface area contributed by atoms with Gasteiger partial charge in [0.1, 0.15) is 6.61 Å². The molecule has 0 aromatic heterocycles. The fourth-order valence-electron chi connectivity index (χ4n) is 2.00. The number of carbonyl (C=O) groups excluding carboxylic acids is 2. The zero-order chi connectivity index (χ0) is 14.3. The van der Waals surface area contributed by atoms with Crippen LogP contribution in [-0.2, 0) is 9.53 Å². The Balaban J connectivity index is 2.17. The number of amides is 3. The maximum absolute atomic E-state index is 11.7. The van der Waals surface area contributed by atoms with Gasteiger partial charge >= 0.3 is 18.1 Å². The number of aliphatic carboxylic acids is 1. The molecule has 8 heteroatoms. The van der Waals surface area contributed by atoms with Crippen LogP contribution in [0.5, 0.6) is 0 Å². The molecule has 0 aromatic rings. The highest BCUT2D eigenvalue weighted by Gasteiger charge is 2.26. The van der Waals surface area contributed by atoms with Crippen LogP contribution in [-0.4, -0.2) is 54.3 Å². The molecule has 19 heavy (non-hydrogen) atoms. The van der Waals surface area contributed by atoms with E-state index >= 15 is 0 Å². The van der Waals surface area contributed by atoms with Crippen LogP contribution in [0.1, 0.15) is 19.3 Å². The zero-order valence-electron chi connectivity index (χ0n) is 10.6. The third-order valence-corrected chi connectivity index (χ3v) is 2.96. The van der Waals surface area contributed by atoms with Crippen LogP contribution in [0.3, 0.4) is 0 Å². The molecule has 1 heterocycles. The Kier molecular flexibility index (Phi) is 5.91. The van der Waals surface area contributed by atoms with Gasteiger partial charge in [0, 0.05) is 19.5 Å². The average molecular weight is 273 g/mol. The number of primary amides is 1. The summed E-state index contributed by atoms with van der Waals surface area (Å²) in [6.07, 6.45) is 0.666. The number of nitrogens with zero attached hydrogens (tertiary/aromatic N) is 1. The lowest BCUT2D eigenvalue weighted by Crippen LogP contribution is -2.40. The molecule has 0 bridgehead atoms. The van der Waals surface area contributed by atoms with Gasteiger partial charge in [-0.05, 0) is 18.8 Å². The molecule has 0 radical (unpaired) electrons. The van der Waals surface area contributed by atoms with Crippen LogP contribution in [0.25, 0.3) is 0 Å². The molecular formula is C11H19N3O5. The minimum Gasteiger partial charge on any atom is -0.481 e. The molecule has 1 fully saturated rings. The summed E-state index contributed by atoms with van der Waals surface area (Å²) in [6, 6.07) is -0.231. The molecule has 3 amide bonds. The molecule has 8 nitrogen and oxygen atoms in total. The van der Waals surface area contributed by atoms with Gasteiger partial charge in [-0.15, -0.1) is 0 Å². The van der Waals surface area contributed by atoms with Crippen molar-refractivity contribution in [1.82, 2.24) is 10.2 Å². The van der Waals surface area contributed by atoms with E-state index in [-0.39, 0.29) is 31.5 Å². The van der Waals surface area contributed by atoms with Gasteiger partial charge in [-0.25, -0.2) is 9.59 Å². The van der Waals surface area contributed by atoms with Gasteiger partial charge in [-0.3, -0.25) is 4.79 Å². The molecule has 1 rings (SSSR count). The van der Waals surface area contributed by atoms with Crippen molar-refractivity contribution >= 4 is 18.1 Å². The normalized spacial score (nSPS) is 18.1. The molecular weight excluding hydrogens is 254 g/mol. The number of hydrogen-bond acceptors (Lipinski definition) is 4. The molecule has 1 aliphatic heterocycles. The summed E-state index contributed by atoms with van der Waals surface area (Å²) in [5, 5.41) is 11.2. The van der Waals surface area contributed by atoms with E-state index in [0.29, 0.717) is 19.5 Å². The summed E-state index contributed by atoms with van der Waals surface area (Å²) < 4.78 is 4.48. The summed E-state index contributed by atoms with van der Waals surface area (Å²) in [5.74, 6) is -0.574. The van der Waals surface area contributed by atoms with E-state index in [4.69, 9.17) is 10.8 Å². The Bertz CT molecular complexity index is 347. The Hall–Kier alpha value is -1.99. The molecule has 0 spiro atoms. The quantitative estimate of drug-likeness (QED) is 0.587. The number of carboxylic acid groups (broad SMARTS) is 1. The Morgan fingerprint density at radius 2 is 2.16 bits per heavy atom. The first kappa shape index (κ1) is 15.1. The lowest BCUT2D eigenvalue weighted by Gasteiger charge is -2.17. The monoisotopic (exact) mass is 273 g/mol. The van der Waals surface area contributed by atoms with Crippen LogP contribution < -0.4 is 11.1 Å². The molecule has 1 aliphatic rings. The number of likely N-dealkylation sites (tertiary alicyclic amines) is 1. The standard InChI is InChI=1S/C11H19N3O5/c12-10(17)19-6-4-13-11(18)14-5-3-8(7-14)1-2-9(15)16/h8H,1-7H2,(H2,12,17)(H,13,18)(H,15,16). The molecule has 0 aromatic carbocycles. The van der Waals surface area contributed by atoms with Crippen molar-refractivity contribution in [3.63, 3.8) is 0 Å². The second kappa shape index (κ2) is 7.45. The first-order valence-corrected chi connectivity index (χ1v) is 6.16. The molecule has 1 unspecified atom stereocenters. The van der Waals surface area contributed by atoms with Gasteiger partial charge in [0.15, 0.2) is 0 Å². The predicted molar refractivity (Wildman–Crippen MR) is 65.5 cm³/mol. The van der Waals surface area contributed by atoms with E-state index in [0.717, 1.165) is 6.42 Å². The maximum Gasteiger partial charge on any atom is 0.404 e. The highest BCUT2D eigenvalue weighted by molar-refractivity contribution is 5.74. The maximum atomic E-state index is 11.7. The van der Waals surface area contributed by atoms with Crippen LogP contribution in [0, 0.1) is 5.92 Å². The van der Waals surface area contributed by atoms with Crippen molar-refractivity contribution in [3.8, 4) is 0 Å². The summed E-state index contributed by atoms with van der Waals surface area (Å²) in [7, 11) is 0. The molecule has 0 saturated carbocycles. The third kappa shape index (κ3) is 5.94. The minimum absolute atomic E-state index is 0.0390. The van der Waals surface area contributed by atoms with Crippen molar-refractivity contribution in [2.45, 2.75) is 19.3 Å². The van der Waals surface area contributed by atoms with Crippen molar-refractivity contribution < 1.29 is 24.2 Å². The fraction of sp³-hybridized carbons (Fsp3) is 0.727. The summed E-state index contributed by atoms with van der Waals surface area (Å²) >= 11 is 0. The predicted octanol–water partition coefficient (Wildman–Crippen LogP) is -0.0220. The van der Waals surface area contributed by atoms with Gasteiger partial charge < -0.3 is 25.8 Å². The lowest BCUT2D eigenvalue weighted by molar-refractivity contribution is -0.137. The van der Waals surface area contributed by atoms with Crippen LogP contribution in [0.4, 0.5) is 9.59 Å². The van der Waals surface area contributed by atoms with Gasteiger partial charge in [-0.2, -0.15) is 0 Å². The van der Waals surface area contributed by atoms with E-state index in [9.17, 15) is 14.4 Å². The van der Waals surface area contributed by atoms with E-state index in [1.165, 1.54) is 0 Å². The first-order chi connectivity index (χ1) is 8.99. The molecule has 4 N–H and O–H groups in total. The molecule has 1 atom stereocenters. The SMILES string of the molecule is NC(=O)OCCNC(=O)N1CCC(CCC(=O)O)C1. The summed E-state index contributed by atoms with van der Waals surface area (Å²) in [6.45, 7) is 1.43. The largest absolute Gasteiger partial charge is 0.481 e. The number of nitrogens with one attached hydrogen (secondary N) is 1. The van der Waals surface area contributed by atoms with E-state index in [1.807, 2.05) is 0 Å². The summed E-state index contributed by atoms with van der Waals surface area (Å²) in [5.41, 5.74) is 4.78. The number of nitrogens with two attached hydrogens (primary N) is 1. The highest BCUT2D eigenvalue weighted by atomic mass is 16.5. The average Bonchev–Trinajstić information content (AvgIpc) is 2.80. The number of rotatable bonds is 6. The lowest BCUT2D eigenvalue weighted by atomic mass is 10.0. The van der Waals surface area contributed by atoms with E-state index in [1.54, 1.807) is 4.90 Å². The molecule has 0 aliphatic carbocycles. The topological polar surface area (TPSA) is 122 Å². The van der Waals surface area contributed by atoms with Gasteiger partial charge in [0.05, 0.1) is 6.54 Å². The minimum atomic E-state index is -0.871. The third-order valence-electron chi connectivity index (χ3n) is 2.96. The Morgan fingerprint density at radius 3 is 2.79 bits per heavy atom. The highest BCUT2D eigenvalue weighted by Crippen LogP contribution is 2.20. The van der Waals surface area contributed by atoms with Crippen molar-refractivity contribution in [2.24, 2.45) is 11.7 Å².